The number of ether oxygens (including phenoxy) is 1. The molecule has 0 N–H and O–H groups in total. The maximum Gasteiger partial charge on any atom is 0.266 e. The van der Waals surface area contributed by atoms with Gasteiger partial charge in [0.15, 0.2) is 5.17 Å². The fourth-order valence-electron chi connectivity index (χ4n) is 3.31. The van der Waals surface area contributed by atoms with Gasteiger partial charge >= 0.3 is 0 Å². The highest BCUT2D eigenvalue weighted by molar-refractivity contribution is 9.10. The fourth-order valence-corrected chi connectivity index (χ4v) is 4.69. The zero-order valence-corrected chi connectivity index (χ0v) is 21.2. The molecule has 1 heterocycles. The van der Waals surface area contributed by atoms with Crippen LogP contribution in [0.1, 0.15) is 30.5 Å². The molecule has 1 saturated heterocycles. The number of rotatable bonds is 6. The van der Waals surface area contributed by atoms with Gasteiger partial charge in [-0.25, -0.2) is 4.99 Å². The number of amides is 1. The van der Waals surface area contributed by atoms with Crippen molar-refractivity contribution in [3.8, 4) is 5.75 Å². The molecule has 0 radical (unpaired) electrons. The lowest BCUT2D eigenvalue weighted by Gasteiger charge is -2.19. The molecule has 1 aliphatic heterocycles. The number of carbonyl (C=O) groups excluding carboxylic acids is 1. The number of halogens is 1. The fraction of sp³-hybridized carbons (Fsp3) is 0.185. The van der Waals surface area contributed by atoms with E-state index >= 15 is 0 Å². The van der Waals surface area contributed by atoms with E-state index in [0.717, 1.165) is 27.0 Å². The smallest absolute Gasteiger partial charge is 0.266 e. The van der Waals surface area contributed by atoms with Gasteiger partial charge in [-0.15, -0.1) is 0 Å². The van der Waals surface area contributed by atoms with Crippen molar-refractivity contribution >= 4 is 50.5 Å². The van der Waals surface area contributed by atoms with Crippen molar-refractivity contribution < 1.29 is 9.53 Å². The Morgan fingerprint density at radius 3 is 2.30 bits per heavy atom. The molecule has 0 saturated carbocycles. The first-order valence-electron chi connectivity index (χ1n) is 10.7. The summed E-state index contributed by atoms with van der Waals surface area (Å²) in [6, 6.07) is 23.9. The molecule has 0 spiro atoms. The number of aryl methyl sites for hydroxylation is 1. The van der Waals surface area contributed by atoms with Crippen LogP contribution in [0.15, 0.2) is 87.2 Å². The monoisotopic (exact) mass is 520 g/mol. The van der Waals surface area contributed by atoms with Crippen LogP contribution in [0.4, 0.5) is 5.69 Å². The third-order valence-corrected chi connectivity index (χ3v) is 6.62. The van der Waals surface area contributed by atoms with Gasteiger partial charge in [0.25, 0.3) is 5.91 Å². The second-order valence-corrected chi connectivity index (χ2v) is 10.0. The summed E-state index contributed by atoms with van der Waals surface area (Å²) >= 11 is 4.86. The van der Waals surface area contributed by atoms with Gasteiger partial charge < -0.3 is 4.74 Å². The largest absolute Gasteiger partial charge is 0.489 e. The molecular weight excluding hydrogens is 496 g/mol. The molecular formula is C27H25BrN2O2S. The molecule has 0 unspecified atom stereocenters. The molecule has 1 aliphatic rings. The summed E-state index contributed by atoms with van der Waals surface area (Å²) in [5.41, 5.74) is 4.07. The van der Waals surface area contributed by atoms with Crippen LogP contribution >= 0.6 is 27.7 Å². The van der Waals surface area contributed by atoms with Crippen molar-refractivity contribution in [2.45, 2.75) is 33.4 Å². The Bertz CT molecular complexity index is 1180. The van der Waals surface area contributed by atoms with E-state index in [1.807, 2.05) is 99.6 Å². The first-order chi connectivity index (χ1) is 15.9. The molecule has 0 bridgehead atoms. The van der Waals surface area contributed by atoms with Crippen molar-refractivity contribution in [2.75, 3.05) is 0 Å². The van der Waals surface area contributed by atoms with E-state index in [1.165, 1.54) is 17.3 Å². The number of thioether (sulfide) groups is 1. The van der Waals surface area contributed by atoms with Gasteiger partial charge in [-0.2, -0.15) is 0 Å². The van der Waals surface area contributed by atoms with Gasteiger partial charge in [0.2, 0.25) is 0 Å². The predicted octanol–water partition coefficient (Wildman–Crippen LogP) is 7.35. The Balaban J connectivity index is 1.48. The first-order valence-corrected chi connectivity index (χ1v) is 12.4. The highest BCUT2D eigenvalue weighted by Gasteiger charge is 2.35. The van der Waals surface area contributed by atoms with E-state index in [-0.39, 0.29) is 11.9 Å². The lowest BCUT2D eigenvalue weighted by molar-refractivity contribution is -0.123. The zero-order valence-electron chi connectivity index (χ0n) is 18.8. The van der Waals surface area contributed by atoms with Crippen LogP contribution < -0.4 is 4.74 Å². The van der Waals surface area contributed by atoms with E-state index in [0.29, 0.717) is 16.7 Å². The van der Waals surface area contributed by atoms with Crippen LogP contribution in [-0.2, 0) is 11.4 Å². The highest BCUT2D eigenvalue weighted by atomic mass is 79.9. The van der Waals surface area contributed by atoms with Crippen LogP contribution in [0.25, 0.3) is 6.08 Å². The number of aliphatic imine (C=N–C) groups is 1. The second-order valence-electron chi connectivity index (χ2n) is 8.09. The van der Waals surface area contributed by atoms with Crippen LogP contribution in [0, 0.1) is 6.92 Å². The van der Waals surface area contributed by atoms with Gasteiger partial charge in [0.1, 0.15) is 12.4 Å². The highest BCUT2D eigenvalue weighted by Crippen LogP contribution is 2.35. The average Bonchev–Trinajstić information content (AvgIpc) is 3.10. The van der Waals surface area contributed by atoms with Crippen molar-refractivity contribution in [1.82, 2.24) is 4.90 Å². The molecule has 4 nitrogen and oxygen atoms in total. The molecule has 1 fully saturated rings. The van der Waals surface area contributed by atoms with Crippen LogP contribution in [0.3, 0.4) is 0 Å². The minimum Gasteiger partial charge on any atom is -0.489 e. The minimum atomic E-state index is -0.0172. The first kappa shape index (κ1) is 23.3. The van der Waals surface area contributed by atoms with Crippen molar-refractivity contribution in [3.63, 3.8) is 0 Å². The Kier molecular flexibility index (Phi) is 7.36. The Labute approximate surface area is 207 Å². The number of benzene rings is 3. The van der Waals surface area contributed by atoms with E-state index in [9.17, 15) is 4.79 Å². The summed E-state index contributed by atoms with van der Waals surface area (Å²) < 4.78 is 6.93. The molecule has 3 aromatic rings. The number of hydrogen-bond donors (Lipinski definition) is 0. The third kappa shape index (κ3) is 5.95. The van der Waals surface area contributed by atoms with E-state index in [2.05, 4.69) is 15.9 Å². The van der Waals surface area contributed by atoms with Gasteiger partial charge in [0, 0.05) is 10.5 Å². The van der Waals surface area contributed by atoms with Crippen LogP contribution in [0.2, 0.25) is 0 Å². The predicted molar refractivity (Wildman–Crippen MR) is 141 cm³/mol. The van der Waals surface area contributed by atoms with Gasteiger partial charge in [-0.05, 0) is 86.1 Å². The van der Waals surface area contributed by atoms with Gasteiger partial charge in [-0.1, -0.05) is 57.9 Å². The van der Waals surface area contributed by atoms with Crippen LogP contribution in [0.5, 0.6) is 5.75 Å². The van der Waals surface area contributed by atoms with Gasteiger partial charge in [-0.3, -0.25) is 9.69 Å². The maximum atomic E-state index is 13.1. The number of amidine groups is 1. The SMILES string of the molecule is Cc1ccc(N=C2S/C(=C/c3ccc(OCc4ccc(Br)cc4)cc3)C(=O)N2C(C)C)cc1. The maximum absolute atomic E-state index is 13.1. The summed E-state index contributed by atoms with van der Waals surface area (Å²) in [6.45, 7) is 6.56. The molecule has 168 valence electrons. The third-order valence-electron chi connectivity index (χ3n) is 5.11. The normalized spacial score (nSPS) is 16.3. The lowest BCUT2D eigenvalue weighted by Crippen LogP contribution is -2.35. The molecule has 3 aromatic carbocycles. The Hall–Kier alpha value is -2.83. The average molecular weight is 521 g/mol. The zero-order chi connectivity index (χ0) is 23.4. The van der Waals surface area contributed by atoms with Gasteiger partial charge in [0.05, 0.1) is 10.6 Å². The van der Waals surface area contributed by atoms with E-state index in [1.54, 1.807) is 4.90 Å². The van der Waals surface area contributed by atoms with E-state index < -0.39 is 0 Å². The topological polar surface area (TPSA) is 41.9 Å². The molecule has 0 atom stereocenters. The quantitative estimate of drug-likeness (QED) is 0.319. The molecule has 4 rings (SSSR count). The summed E-state index contributed by atoms with van der Waals surface area (Å²) in [7, 11) is 0. The van der Waals surface area contributed by atoms with E-state index in [4.69, 9.17) is 9.73 Å². The summed E-state index contributed by atoms with van der Waals surface area (Å²) in [5, 5.41) is 0.708. The Morgan fingerprint density at radius 1 is 1.00 bits per heavy atom. The standard InChI is InChI=1S/C27H25BrN2O2S/c1-18(2)30-26(31)25(33-27(30)29-23-12-4-19(3)5-13-23)16-20-8-14-24(15-9-20)32-17-21-6-10-22(28)11-7-21/h4-16,18H,17H2,1-3H3/b25-16+,29-27?. The molecule has 1 amide bonds. The number of hydrogen-bond acceptors (Lipinski definition) is 4. The van der Waals surface area contributed by atoms with Crippen molar-refractivity contribution in [1.29, 1.82) is 0 Å². The molecule has 0 aromatic heterocycles. The lowest BCUT2D eigenvalue weighted by atomic mass is 10.2. The summed E-state index contributed by atoms with van der Waals surface area (Å²) in [4.78, 5) is 20.2. The molecule has 0 aliphatic carbocycles. The summed E-state index contributed by atoms with van der Waals surface area (Å²) in [5.74, 6) is 0.771. The van der Waals surface area contributed by atoms with Crippen molar-refractivity contribution in [3.05, 3.63) is 98.9 Å². The minimum absolute atomic E-state index is 0.0172. The summed E-state index contributed by atoms with van der Waals surface area (Å²) in [6.07, 6.45) is 1.92. The Morgan fingerprint density at radius 2 is 1.67 bits per heavy atom. The second kappa shape index (κ2) is 10.4. The molecule has 6 heteroatoms. The number of nitrogens with zero attached hydrogens (tertiary/aromatic N) is 2. The van der Waals surface area contributed by atoms with Crippen molar-refractivity contribution in [2.24, 2.45) is 4.99 Å². The molecule has 33 heavy (non-hydrogen) atoms. The van der Waals surface area contributed by atoms with Crippen LogP contribution in [-0.4, -0.2) is 22.0 Å². The number of carbonyl (C=O) groups is 1.